The third-order valence-corrected chi connectivity index (χ3v) is 5.00. The van der Waals surface area contributed by atoms with E-state index >= 15 is 0 Å². The van der Waals surface area contributed by atoms with E-state index in [1.165, 1.54) is 0 Å². The van der Waals surface area contributed by atoms with E-state index in [4.69, 9.17) is 9.47 Å². The normalized spacial score (nSPS) is 11.6. The van der Waals surface area contributed by atoms with Crippen LogP contribution in [0.2, 0.25) is 25.7 Å². The van der Waals surface area contributed by atoms with E-state index < -0.39 is 8.07 Å². The van der Waals surface area contributed by atoms with Crippen LogP contribution in [0.3, 0.4) is 0 Å². The molecule has 5 nitrogen and oxygen atoms in total. The number of hydrogen-bond acceptors (Lipinski definition) is 4. The van der Waals surface area contributed by atoms with Gasteiger partial charge in [0.05, 0.1) is 6.61 Å². The minimum atomic E-state index is -1.06. The van der Waals surface area contributed by atoms with Crippen LogP contribution in [-0.2, 0) is 16.2 Å². The number of carbonyl (C=O) groups excluding carboxylic acids is 1. The highest BCUT2D eigenvalue weighted by Crippen LogP contribution is 2.11. The molecule has 1 aromatic rings. The summed E-state index contributed by atoms with van der Waals surface area (Å²) in [6.07, 6.45) is 0. The number of esters is 1. The van der Waals surface area contributed by atoms with E-state index in [-0.39, 0.29) is 5.97 Å². The molecule has 7 heteroatoms. The Kier molecular flexibility index (Phi) is 6.47. The lowest BCUT2D eigenvalue weighted by atomic mass is 10.4. The molecule has 1 aromatic heterocycles. The van der Waals surface area contributed by atoms with Crippen molar-refractivity contribution in [3.05, 3.63) is 15.5 Å². The van der Waals surface area contributed by atoms with Gasteiger partial charge in [-0.3, -0.25) is 0 Å². The number of aromatic nitrogens is 2. The van der Waals surface area contributed by atoms with Gasteiger partial charge < -0.3 is 9.47 Å². The Balaban J connectivity index is 2.48. The molecule has 0 unspecified atom stereocenters. The summed E-state index contributed by atoms with van der Waals surface area (Å²) in [5.41, 5.74) is 0.333. The minimum absolute atomic E-state index is 0.333. The summed E-state index contributed by atoms with van der Waals surface area (Å²) < 4.78 is 13.1. The van der Waals surface area contributed by atoms with Crippen LogP contribution < -0.4 is 0 Å². The van der Waals surface area contributed by atoms with Crippen LogP contribution in [-0.4, -0.2) is 37.0 Å². The van der Waals surface area contributed by atoms with Crippen molar-refractivity contribution in [3.63, 3.8) is 0 Å². The van der Waals surface area contributed by atoms with Crippen molar-refractivity contribution in [1.82, 2.24) is 9.78 Å². The number of ether oxygens (including phenoxy) is 2. The van der Waals surface area contributed by atoms with Crippen molar-refractivity contribution in [1.29, 1.82) is 0 Å². The lowest BCUT2D eigenvalue weighted by Gasteiger charge is -2.15. The predicted molar refractivity (Wildman–Crippen MR) is 85.0 cm³/mol. The van der Waals surface area contributed by atoms with Gasteiger partial charge in [0.2, 0.25) is 0 Å². The molecular formula is C12H21IN2O3Si. The number of halogens is 1. The van der Waals surface area contributed by atoms with E-state index in [1.54, 1.807) is 17.7 Å². The molecule has 0 bridgehead atoms. The SMILES string of the molecule is CCOC(=O)c1cc(I)n(COCC[Si](C)(C)C)n1. The third-order valence-electron chi connectivity index (χ3n) is 2.43. The van der Waals surface area contributed by atoms with Crippen LogP contribution in [0.25, 0.3) is 0 Å². The Labute approximate surface area is 128 Å². The molecule has 0 aliphatic heterocycles. The number of rotatable bonds is 7. The highest BCUT2D eigenvalue weighted by atomic mass is 127. The average molecular weight is 396 g/mol. The van der Waals surface area contributed by atoms with Crippen LogP contribution in [0.5, 0.6) is 0 Å². The summed E-state index contributed by atoms with van der Waals surface area (Å²) in [7, 11) is -1.06. The maximum absolute atomic E-state index is 11.5. The fourth-order valence-corrected chi connectivity index (χ4v) is 2.62. The van der Waals surface area contributed by atoms with Crippen molar-refractivity contribution in [2.45, 2.75) is 39.3 Å². The molecule has 1 heterocycles. The molecule has 0 N–H and O–H groups in total. The van der Waals surface area contributed by atoms with Gasteiger partial charge in [0, 0.05) is 20.7 Å². The van der Waals surface area contributed by atoms with Crippen LogP contribution in [0.4, 0.5) is 0 Å². The van der Waals surface area contributed by atoms with Crippen LogP contribution >= 0.6 is 22.6 Å². The minimum Gasteiger partial charge on any atom is -0.461 e. The Bertz CT molecular complexity index is 429. The highest BCUT2D eigenvalue weighted by molar-refractivity contribution is 14.1. The Morgan fingerprint density at radius 3 is 2.74 bits per heavy atom. The fraction of sp³-hybridized carbons (Fsp3) is 0.667. The van der Waals surface area contributed by atoms with Gasteiger partial charge in [-0.2, -0.15) is 5.10 Å². The first-order valence-corrected chi connectivity index (χ1v) is 11.1. The second-order valence-corrected chi connectivity index (χ2v) is 12.1. The number of hydrogen-bond donors (Lipinski definition) is 0. The fourth-order valence-electron chi connectivity index (χ4n) is 1.32. The van der Waals surface area contributed by atoms with Gasteiger partial charge in [0.15, 0.2) is 5.69 Å². The molecule has 0 fully saturated rings. The monoisotopic (exact) mass is 396 g/mol. The molecule has 0 aliphatic carbocycles. The van der Waals surface area contributed by atoms with Gasteiger partial charge in [-0.15, -0.1) is 0 Å². The number of nitrogens with zero attached hydrogens (tertiary/aromatic N) is 2. The molecule has 0 atom stereocenters. The average Bonchev–Trinajstić information content (AvgIpc) is 2.66. The molecule has 0 aromatic carbocycles. The van der Waals surface area contributed by atoms with Crippen molar-refractivity contribution < 1.29 is 14.3 Å². The van der Waals surface area contributed by atoms with Crippen LogP contribution in [0.15, 0.2) is 6.07 Å². The molecule has 0 aliphatic rings. The topological polar surface area (TPSA) is 53.4 Å². The van der Waals surface area contributed by atoms with Gasteiger partial charge in [-0.1, -0.05) is 19.6 Å². The van der Waals surface area contributed by atoms with Gasteiger partial charge >= 0.3 is 5.97 Å². The molecule has 1 rings (SSSR count). The predicted octanol–water partition coefficient (Wildman–Crippen LogP) is 2.98. The van der Waals surface area contributed by atoms with Crippen molar-refractivity contribution in [3.8, 4) is 0 Å². The molecular weight excluding hydrogens is 375 g/mol. The molecule has 0 radical (unpaired) electrons. The van der Waals surface area contributed by atoms with E-state index in [0.717, 1.165) is 16.4 Å². The third kappa shape index (κ3) is 6.04. The first-order chi connectivity index (χ1) is 8.83. The van der Waals surface area contributed by atoms with Crippen molar-refractivity contribution in [2.75, 3.05) is 13.2 Å². The highest BCUT2D eigenvalue weighted by Gasteiger charge is 2.15. The summed E-state index contributed by atoms with van der Waals surface area (Å²) in [4.78, 5) is 11.5. The molecule has 108 valence electrons. The molecule has 0 amide bonds. The van der Waals surface area contributed by atoms with Gasteiger partial charge in [0.1, 0.15) is 10.4 Å². The molecule has 19 heavy (non-hydrogen) atoms. The Morgan fingerprint density at radius 1 is 1.47 bits per heavy atom. The Morgan fingerprint density at radius 2 is 2.16 bits per heavy atom. The van der Waals surface area contributed by atoms with Crippen LogP contribution in [0, 0.1) is 3.70 Å². The lowest BCUT2D eigenvalue weighted by molar-refractivity contribution is 0.0510. The van der Waals surface area contributed by atoms with Crippen molar-refractivity contribution in [2.24, 2.45) is 0 Å². The zero-order valence-corrected chi connectivity index (χ0v) is 15.1. The van der Waals surface area contributed by atoms with E-state index in [0.29, 0.717) is 19.0 Å². The smallest absolute Gasteiger partial charge is 0.358 e. The zero-order valence-electron chi connectivity index (χ0n) is 11.9. The largest absolute Gasteiger partial charge is 0.461 e. The van der Waals surface area contributed by atoms with E-state index in [2.05, 4.69) is 47.3 Å². The van der Waals surface area contributed by atoms with Crippen LogP contribution in [0.1, 0.15) is 17.4 Å². The number of carbonyl (C=O) groups is 1. The van der Waals surface area contributed by atoms with Crippen molar-refractivity contribution >= 4 is 36.6 Å². The van der Waals surface area contributed by atoms with Gasteiger partial charge in [-0.05, 0) is 35.6 Å². The molecule has 0 spiro atoms. The quantitative estimate of drug-likeness (QED) is 0.308. The second-order valence-electron chi connectivity index (χ2n) is 5.42. The summed E-state index contributed by atoms with van der Waals surface area (Å²) in [5.74, 6) is -0.388. The Hall–Kier alpha value is -0.413. The maximum atomic E-state index is 11.5. The first-order valence-electron chi connectivity index (χ1n) is 6.31. The second kappa shape index (κ2) is 7.39. The first kappa shape index (κ1) is 16.6. The standard InChI is InChI=1S/C12H21IN2O3Si/c1-5-18-12(16)10-8-11(13)15(14-10)9-17-6-7-19(2,3)4/h8H,5-7,9H2,1-4H3. The lowest BCUT2D eigenvalue weighted by Crippen LogP contribution is -2.22. The van der Waals surface area contributed by atoms with Gasteiger partial charge in [0.25, 0.3) is 0 Å². The summed E-state index contributed by atoms with van der Waals surface area (Å²) in [5, 5.41) is 4.18. The van der Waals surface area contributed by atoms with Gasteiger partial charge in [-0.25, -0.2) is 9.48 Å². The van der Waals surface area contributed by atoms with E-state index in [9.17, 15) is 4.79 Å². The maximum Gasteiger partial charge on any atom is 0.358 e. The van der Waals surface area contributed by atoms with E-state index in [1.807, 2.05) is 0 Å². The molecule has 0 saturated carbocycles. The summed E-state index contributed by atoms with van der Waals surface area (Å²) in [6.45, 7) is 10.2. The summed E-state index contributed by atoms with van der Waals surface area (Å²) in [6, 6.07) is 2.83. The summed E-state index contributed by atoms with van der Waals surface area (Å²) >= 11 is 2.13. The molecule has 0 saturated heterocycles. The zero-order chi connectivity index (χ0) is 14.5.